The molecule has 1 fully saturated rings. The summed E-state index contributed by atoms with van der Waals surface area (Å²) in [5, 5.41) is 16.9. The summed E-state index contributed by atoms with van der Waals surface area (Å²) in [6.45, 7) is 2.25. The van der Waals surface area contributed by atoms with E-state index in [0.717, 1.165) is 11.4 Å². The number of nitrogens with one attached hydrogen (secondary N) is 2. The van der Waals surface area contributed by atoms with E-state index in [4.69, 9.17) is 17.0 Å². The van der Waals surface area contributed by atoms with Gasteiger partial charge in [0.25, 0.3) is 11.6 Å². The van der Waals surface area contributed by atoms with Crippen LogP contribution in [0, 0.1) is 10.1 Å². The third-order valence-electron chi connectivity index (χ3n) is 4.66. The second-order valence-corrected chi connectivity index (χ2v) is 7.32. The molecule has 0 aliphatic carbocycles. The maximum atomic E-state index is 12.9. The number of anilines is 3. The van der Waals surface area contributed by atoms with Crippen molar-refractivity contribution in [2.24, 2.45) is 0 Å². The first-order valence-corrected chi connectivity index (χ1v) is 9.77. The van der Waals surface area contributed by atoms with Gasteiger partial charge in [-0.3, -0.25) is 20.2 Å². The molecule has 1 heterocycles. The van der Waals surface area contributed by atoms with E-state index in [1.165, 1.54) is 12.1 Å². The number of nitro benzene ring substituents is 1. The first-order valence-electron chi connectivity index (χ1n) is 9.36. The van der Waals surface area contributed by atoms with Gasteiger partial charge in [-0.15, -0.1) is 0 Å². The fourth-order valence-electron chi connectivity index (χ4n) is 3.08. The number of ether oxygens (including phenoxy) is 1. The van der Waals surface area contributed by atoms with Crippen LogP contribution in [0.5, 0.6) is 0 Å². The van der Waals surface area contributed by atoms with Gasteiger partial charge in [0.15, 0.2) is 5.11 Å². The molecule has 1 saturated heterocycles. The highest BCUT2D eigenvalue weighted by molar-refractivity contribution is 7.80. The molecule has 1 aliphatic heterocycles. The van der Waals surface area contributed by atoms with E-state index in [0.29, 0.717) is 32.0 Å². The lowest BCUT2D eigenvalue weighted by Gasteiger charge is -2.30. The molecule has 3 rings (SSSR count). The van der Waals surface area contributed by atoms with Gasteiger partial charge in [-0.2, -0.15) is 0 Å². The Morgan fingerprint density at radius 3 is 2.43 bits per heavy atom. The Labute approximate surface area is 179 Å². The van der Waals surface area contributed by atoms with E-state index < -0.39 is 10.8 Å². The molecule has 0 spiro atoms. The van der Waals surface area contributed by atoms with Crippen LogP contribution in [0.4, 0.5) is 22.7 Å². The molecule has 0 atom stereocenters. The molecule has 30 heavy (non-hydrogen) atoms. The van der Waals surface area contributed by atoms with Crippen LogP contribution in [0.25, 0.3) is 0 Å². The van der Waals surface area contributed by atoms with Crippen molar-refractivity contribution in [2.45, 2.75) is 0 Å². The average molecular weight is 430 g/mol. The van der Waals surface area contributed by atoms with Gasteiger partial charge in [-0.25, -0.2) is 0 Å². The first kappa shape index (κ1) is 21.5. The monoisotopic (exact) mass is 429 g/mol. The normalized spacial score (nSPS) is 13.5. The molecule has 0 saturated carbocycles. The number of carbonyl (C=O) groups is 1. The largest absolute Gasteiger partial charge is 0.378 e. The summed E-state index contributed by atoms with van der Waals surface area (Å²) < 4.78 is 5.35. The highest BCUT2D eigenvalue weighted by Crippen LogP contribution is 2.26. The maximum Gasteiger partial charge on any atom is 0.270 e. The van der Waals surface area contributed by atoms with Crippen molar-refractivity contribution in [3.05, 3.63) is 58.1 Å². The van der Waals surface area contributed by atoms with Crippen molar-refractivity contribution < 1.29 is 14.5 Å². The van der Waals surface area contributed by atoms with E-state index in [1.807, 2.05) is 48.2 Å². The lowest BCUT2D eigenvalue weighted by molar-refractivity contribution is -0.384. The highest BCUT2D eigenvalue weighted by Gasteiger charge is 2.22. The van der Waals surface area contributed by atoms with Crippen LogP contribution in [0.3, 0.4) is 0 Å². The third kappa shape index (κ3) is 5.22. The van der Waals surface area contributed by atoms with Gasteiger partial charge >= 0.3 is 0 Å². The number of nitrogens with zero attached hydrogens (tertiary/aromatic N) is 3. The van der Waals surface area contributed by atoms with Crippen molar-refractivity contribution in [3.63, 3.8) is 0 Å². The Morgan fingerprint density at radius 2 is 1.83 bits per heavy atom. The van der Waals surface area contributed by atoms with Gasteiger partial charge < -0.3 is 19.9 Å². The molecular formula is C20H23N5O4S. The van der Waals surface area contributed by atoms with Crippen molar-refractivity contribution in [2.75, 3.05) is 55.5 Å². The topological polar surface area (TPSA) is 100.0 Å². The molecule has 2 aromatic rings. The zero-order valence-electron chi connectivity index (χ0n) is 16.8. The number of non-ortho nitro benzene ring substituents is 1. The quantitative estimate of drug-likeness (QED) is 0.425. The van der Waals surface area contributed by atoms with Crippen molar-refractivity contribution in [1.29, 1.82) is 0 Å². The molecule has 0 unspecified atom stereocenters. The van der Waals surface area contributed by atoms with E-state index in [2.05, 4.69) is 10.6 Å². The number of amides is 1. The molecule has 158 valence electrons. The number of nitro groups is 1. The van der Waals surface area contributed by atoms with Crippen molar-refractivity contribution >= 4 is 46.0 Å². The Balaban J connectivity index is 1.76. The number of hydrogen-bond acceptors (Lipinski definition) is 7. The minimum atomic E-state index is -0.525. The van der Waals surface area contributed by atoms with Crippen LogP contribution >= 0.6 is 12.2 Å². The zero-order valence-corrected chi connectivity index (χ0v) is 17.6. The highest BCUT2D eigenvalue weighted by atomic mass is 32.1. The molecule has 1 amide bonds. The van der Waals surface area contributed by atoms with Gasteiger partial charge in [0.2, 0.25) is 0 Å². The lowest BCUT2D eigenvalue weighted by atomic mass is 10.1. The minimum Gasteiger partial charge on any atom is -0.378 e. The average Bonchev–Trinajstić information content (AvgIpc) is 2.74. The zero-order chi connectivity index (χ0) is 21.7. The summed E-state index contributed by atoms with van der Waals surface area (Å²) in [7, 11) is 3.89. The summed E-state index contributed by atoms with van der Waals surface area (Å²) in [4.78, 5) is 27.5. The maximum absolute atomic E-state index is 12.9. The molecule has 1 aliphatic rings. The van der Waals surface area contributed by atoms with Crippen LogP contribution in [0.2, 0.25) is 0 Å². The van der Waals surface area contributed by atoms with Crippen molar-refractivity contribution in [3.8, 4) is 0 Å². The fourth-order valence-corrected chi connectivity index (χ4v) is 3.29. The molecule has 2 N–H and O–H groups in total. The van der Waals surface area contributed by atoms with Gasteiger partial charge in [0, 0.05) is 50.7 Å². The van der Waals surface area contributed by atoms with E-state index in [9.17, 15) is 14.9 Å². The standard InChI is InChI=1S/C20H23N5O4S/c1-23(2)15-5-3-14(4-6-15)21-20(30)22-19(26)17-13-16(25(27)28)7-8-18(17)24-9-11-29-12-10-24/h3-8,13H,9-12H2,1-2H3,(H2,21,22,26,30). The molecule has 9 nitrogen and oxygen atoms in total. The van der Waals surface area contributed by atoms with Crippen LogP contribution < -0.4 is 20.4 Å². The summed E-state index contributed by atoms with van der Waals surface area (Å²) in [5.74, 6) is -0.511. The minimum absolute atomic E-state index is 0.108. The first-order chi connectivity index (χ1) is 14.3. The van der Waals surface area contributed by atoms with Crippen LogP contribution in [-0.4, -0.2) is 56.3 Å². The molecule has 0 bridgehead atoms. The number of hydrogen-bond donors (Lipinski definition) is 2. The Kier molecular flexibility index (Phi) is 6.80. The van der Waals surface area contributed by atoms with E-state index in [1.54, 1.807) is 6.07 Å². The second-order valence-electron chi connectivity index (χ2n) is 6.91. The van der Waals surface area contributed by atoms with E-state index in [-0.39, 0.29) is 16.4 Å². The van der Waals surface area contributed by atoms with E-state index >= 15 is 0 Å². The Morgan fingerprint density at radius 1 is 1.17 bits per heavy atom. The summed E-state index contributed by atoms with van der Waals surface area (Å²) in [6, 6.07) is 11.8. The second kappa shape index (κ2) is 9.51. The molecule has 10 heteroatoms. The smallest absolute Gasteiger partial charge is 0.270 e. The van der Waals surface area contributed by atoms with Gasteiger partial charge in [0.05, 0.1) is 29.4 Å². The molecule has 0 radical (unpaired) electrons. The Hall–Kier alpha value is -3.24. The lowest BCUT2D eigenvalue weighted by Crippen LogP contribution is -2.39. The predicted octanol–water partition coefficient (Wildman–Crippen LogP) is 2.62. The van der Waals surface area contributed by atoms with Crippen LogP contribution in [-0.2, 0) is 4.74 Å². The third-order valence-corrected chi connectivity index (χ3v) is 4.86. The number of morpholine rings is 1. The molecular weight excluding hydrogens is 406 g/mol. The predicted molar refractivity (Wildman–Crippen MR) is 121 cm³/mol. The number of thiocarbonyl (C=S) groups is 1. The van der Waals surface area contributed by atoms with Crippen molar-refractivity contribution in [1.82, 2.24) is 5.32 Å². The molecule has 2 aromatic carbocycles. The Bertz CT molecular complexity index is 943. The van der Waals surface area contributed by atoms with Crippen LogP contribution in [0.1, 0.15) is 10.4 Å². The molecule has 0 aromatic heterocycles. The number of carbonyl (C=O) groups excluding carboxylic acids is 1. The summed E-state index contributed by atoms with van der Waals surface area (Å²) in [6.07, 6.45) is 0. The number of rotatable bonds is 5. The fraction of sp³-hybridized carbons (Fsp3) is 0.300. The van der Waals surface area contributed by atoms with Gasteiger partial charge in [-0.1, -0.05) is 0 Å². The summed E-state index contributed by atoms with van der Waals surface area (Å²) in [5.41, 5.74) is 2.40. The van der Waals surface area contributed by atoms with Gasteiger partial charge in [0.1, 0.15) is 0 Å². The van der Waals surface area contributed by atoms with Gasteiger partial charge in [-0.05, 0) is 42.5 Å². The SMILES string of the molecule is CN(C)c1ccc(NC(=S)NC(=O)c2cc([N+](=O)[O-])ccc2N2CCOCC2)cc1. The van der Waals surface area contributed by atoms with Crippen LogP contribution in [0.15, 0.2) is 42.5 Å². The number of benzene rings is 2. The summed E-state index contributed by atoms with van der Waals surface area (Å²) >= 11 is 5.26.